The normalized spacial score (nSPS) is 36.9. The second-order valence-corrected chi connectivity index (χ2v) is 7.66. The molecule has 0 spiro atoms. The lowest BCUT2D eigenvalue weighted by Crippen LogP contribution is -2.49. The number of hydrogen-bond donors (Lipinski definition) is 2. The second-order valence-electron chi connectivity index (χ2n) is 5.71. The summed E-state index contributed by atoms with van der Waals surface area (Å²) in [6.45, 7) is 1.93. The third-order valence-corrected chi connectivity index (χ3v) is 6.28. The Labute approximate surface area is 117 Å². The Balaban J connectivity index is 1.95. The largest absolute Gasteiger partial charge is 0.392 e. The van der Waals surface area contributed by atoms with Crippen molar-refractivity contribution in [2.45, 2.75) is 69.3 Å². The van der Waals surface area contributed by atoms with Gasteiger partial charge in [0.05, 0.1) is 17.3 Å². The van der Waals surface area contributed by atoms with Gasteiger partial charge in [0.2, 0.25) is 5.91 Å². The van der Waals surface area contributed by atoms with Crippen LogP contribution >= 0.6 is 0 Å². The van der Waals surface area contributed by atoms with Gasteiger partial charge in [0, 0.05) is 22.6 Å². The highest BCUT2D eigenvalue weighted by Gasteiger charge is 2.35. The topological polar surface area (TPSA) is 66.4 Å². The maximum Gasteiger partial charge on any atom is 0.225 e. The van der Waals surface area contributed by atoms with Crippen LogP contribution < -0.4 is 5.32 Å². The van der Waals surface area contributed by atoms with Crippen LogP contribution in [0.4, 0.5) is 0 Å². The van der Waals surface area contributed by atoms with Crippen molar-refractivity contribution in [3.05, 3.63) is 0 Å². The number of aliphatic hydroxyl groups is 1. The molecule has 5 heteroatoms. The van der Waals surface area contributed by atoms with Crippen LogP contribution in [0.5, 0.6) is 0 Å². The number of nitrogens with one attached hydrogen (secondary N) is 1. The van der Waals surface area contributed by atoms with E-state index in [1.807, 2.05) is 6.92 Å². The van der Waals surface area contributed by atoms with E-state index in [0.717, 1.165) is 44.9 Å². The third-order valence-electron chi connectivity index (χ3n) is 4.47. The van der Waals surface area contributed by atoms with Crippen LogP contribution in [0, 0.1) is 5.92 Å². The van der Waals surface area contributed by atoms with Crippen LogP contribution in [-0.2, 0) is 15.6 Å². The Kier molecular flexibility index (Phi) is 5.39. The number of carbonyl (C=O) groups excluding carboxylic acids is 1. The van der Waals surface area contributed by atoms with Gasteiger partial charge < -0.3 is 10.4 Å². The molecule has 0 bridgehead atoms. The summed E-state index contributed by atoms with van der Waals surface area (Å²) >= 11 is 0. The molecule has 0 aliphatic heterocycles. The molecule has 2 fully saturated rings. The van der Waals surface area contributed by atoms with E-state index in [1.54, 1.807) is 0 Å². The predicted octanol–water partition coefficient (Wildman–Crippen LogP) is 1.34. The van der Waals surface area contributed by atoms with E-state index in [9.17, 15) is 14.1 Å². The first-order chi connectivity index (χ1) is 9.13. The Morgan fingerprint density at radius 3 is 2.58 bits per heavy atom. The Morgan fingerprint density at radius 1 is 1.21 bits per heavy atom. The zero-order chi connectivity index (χ0) is 13.8. The van der Waals surface area contributed by atoms with E-state index < -0.39 is 16.9 Å². The molecule has 0 aromatic carbocycles. The molecule has 2 rings (SSSR count). The monoisotopic (exact) mass is 287 g/mol. The number of amides is 1. The van der Waals surface area contributed by atoms with Crippen molar-refractivity contribution >= 4 is 16.7 Å². The van der Waals surface area contributed by atoms with Gasteiger partial charge in [-0.2, -0.15) is 0 Å². The van der Waals surface area contributed by atoms with Crippen molar-refractivity contribution in [3.8, 4) is 0 Å². The smallest absolute Gasteiger partial charge is 0.225 e. The molecule has 0 aromatic rings. The molecular formula is C14H25NO3S. The number of hydrogen-bond acceptors (Lipinski definition) is 3. The summed E-state index contributed by atoms with van der Waals surface area (Å²) in [6, 6.07) is 0.0369. The van der Waals surface area contributed by atoms with E-state index in [4.69, 9.17) is 0 Å². The Morgan fingerprint density at radius 2 is 1.95 bits per heavy atom. The first-order valence-corrected chi connectivity index (χ1v) is 8.87. The van der Waals surface area contributed by atoms with Crippen molar-refractivity contribution in [2.24, 2.45) is 5.92 Å². The molecule has 2 N–H and O–H groups in total. The lowest BCUT2D eigenvalue weighted by molar-refractivity contribution is -0.128. The Hall–Kier alpha value is -0.420. The number of carbonyl (C=O) groups is 1. The van der Waals surface area contributed by atoms with Crippen LogP contribution in [0.1, 0.15) is 51.9 Å². The van der Waals surface area contributed by atoms with Crippen LogP contribution in [0.3, 0.4) is 0 Å². The maximum absolute atomic E-state index is 12.2. The van der Waals surface area contributed by atoms with Gasteiger partial charge in [-0.25, -0.2) is 0 Å². The summed E-state index contributed by atoms with van der Waals surface area (Å²) in [5, 5.41) is 13.0. The average molecular weight is 287 g/mol. The van der Waals surface area contributed by atoms with Crippen molar-refractivity contribution < 1.29 is 14.1 Å². The summed E-state index contributed by atoms with van der Waals surface area (Å²) in [6.07, 6.45) is 6.01. The van der Waals surface area contributed by atoms with E-state index in [0.29, 0.717) is 5.75 Å². The molecule has 2 aliphatic carbocycles. The number of rotatable bonds is 4. The van der Waals surface area contributed by atoms with Crippen LogP contribution in [-0.4, -0.2) is 38.4 Å². The van der Waals surface area contributed by atoms with E-state index in [2.05, 4.69) is 5.32 Å². The highest BCUT2D eigenvalue weighted by molar-refractivity contribution is 7.85. The van der Waals surface area contributed by atoms with Gasteiger partial charge >= 0.3 is 0 Å². The summed E-state index contributed by atoms with van der Waals surface area (Å²) in [4.78, 5) is 12.2. The standard InChI is InChI=1S/C14H25NO3S/c1-2-19(18)13-9-4-3-7-11(13)15-14(17)10-6-5-8-12(10)16/h10-13,16H,2-9H2,1H3,(H,15,17). The highest BCUT2D eigenvalue weighted by Crippen LogP contribution is 2.28. The van der Waals surface area contributed by atoms with Gasteiger partial charge in [0.25, 0.3) is 0 Å². The fourth-order valence-corrected chi connectivity index (χ4v) is 4.76. The lowest BCUT2D eigenvalue weighted by atomic mass is 9.94. The zero-order valence-electron chi connectivity index (χ0n) is 11.6. The molecule has 0 radical (unpaired) electrons. The van der Waals surface area contributed by atoms with Crippen molar-refractivity contribution in [1.82, 2.24) is 5.32 Å². The summed E-state index contributed by atoms with van der Waals surface area (Å²) in [5.41, 5.74) is 0. The quantitative estimate of drug-likeness (QED) is 0.820. The van der Waals surface area contributed by atoms with E-state index >= 15 is 0 Å². The maximum atomic E-state index is 12.2. The van der Waals surface area contributed by atoms with Crippen molar-refractivity contribution in [2.75, 3.05) is 5.75 Å². The zero-order valence-corrected chi connectivity index (χ0v) is 12.5. The lowest BCUT2D eigenvalue weighted by Gasteiger charge is -2.32. The fourth-order valence-electron chi connectivity index (χ4n) is 3.33. The Bertz CT molecular complexity index is 348. The van der Waals surface area contributed by atoms with Crippen LogP contribution in [0.25, 0.3) is 0 Å². The SMILES string of the molecule is CCS(=O)C1CCCCC1NC(=O)C1CCCC1O. The molecule has 19 heavy (non-hydrogen) atoms. The van der Waals surface area contributed by atoms with E-state index in [-0.39, 0.29) is 23.1 Å². The minimum Gasteiger partial charge on any atom is -0.392 e. The minimum absolute atomic E-state index is 0.0324. The van der Waals surface area contributed by atoms with Crippen molar-refractivity contribution in [3.63, 3.8) is 0 Å². The van der Waals surface area contributed by atoms with Crippen LogP contribution in [0.2, 0.25) is 0 Å². The molecule has 4 nitrogen and oxygen atoms in total. The van der Waals surface area contributed by atoms with Gasteiger partial charge in [-0.15, -0.1) is 0 Å². The summed E-state index contributed by atoms with van der Waals surface area (Å²) in [5.74, 6) is 0.371. The molecule has 1 amide bonds. The fraction of sp³-hybridized carbons (Fsp3) is 0.929. The molecule has 0 saturated heterocycles. The molecule has 5 unspecified atom stereocenters. The van der Waals surface area contributed by atoms with Gasteiger partial charge in [-0.05, 0) is 32.1 Å². The molecule has 0 heterocycles. The van der Waals surface area contributed by atoms with E-state index in [1.165, 1.54) is 0 Å². The predicted molar refractivity (Wildman–Crippen MR) is 76.2 cm³/mol. The first-order valence-electron chi connectivity index (χ1n) is 7.49. The molecule has 110 valence electrons. The average Bonchev–Trinajstić information content (AvgIpc) is 2.85. The molecule has 0 aromatic heterocycles. The van der Waals surface area contributed by atoms with Crippen LogP contribution in [0.15, 0.2) is 0 Å². The second kappa shape index (κ2) is 6.84. The highest BCUT2D eigenvalue weighted by atomic mass is 32.2. The molecule has 5 atom stereocenters. The third kappa shape index (κ3) is 3.57. The van der Waals surface area contributed by atoms with Gasteiger partial charge in [-0.3, -0.25) is 9.00 Å². The summed E-state index contributed by atoms with van der Waals surface area (Å²) in [7, 11) is -0.847. The van der Waals surface area contributed by atoms with Crippen molar-refractivity contribution in [1.29, 1.82) is 0 Å². The van der Waals surface area contributed by atoms with Gasteiger partial charge in [0.15, 0.2) is 0 Å². The molecular weight excluding hydrogens is 262 g/mol. The summed E-state index contributed by atoms with van der Waals surface area (Å²) < 4.78 is 12.1. The number of aliphatic hydroxyl groups excluding tert-OH is 1. The molecule has 2 saturated carbocycles. The molecule has 2 aliphatic rings. The van der Waals surface area contributed by atoms with Gasteiger partial charge in [-0.1, -0.05) is 19.8 Å². The first kappa shape index (κ1) is 15.0. The minimum atomic E-state index is -0.847. The van der Waals surface area contributed by atoms with Gasteiger partial charge in [0.1, 0.15) is 0 Å².